The van der Waals surface area contributed by atoms with Gasteiger partial charge in [0, 0.05) is 21.8 Å². The van der Waals surface area contributed by atoms with E-state index in [2.05, 4.69) is 10.6 Å². The third-order valence-electron chi connectivity index (χ3n) is 5.42. The van der Waals surface area contributed by atoms with E-state index in [9.17, 15) is 19.5 Å². The summed E-state index contributed by atoms with van der Waals surface area (Å²) in [6.45, 7) is 0. The molecule has 4 aromatic rings. The maximum atomic E-state index is 13.2. The van der Waals surface area contributed by atoms with Crippen LogP contribution in [-0.2, 0) is 9.59 Å². The van der Waals surface area contributed by atoms with Gasteiger partial charge in [-0.05, 0) is 47.5 Å². The lowest BCUT2D eigenvalue weighted by atomic mass is 10.0. The van der Waals surface area contributed by atoms with E-state index in [1.807, 2.05) is 78.9 Å². The average Bonchev–Trinajstić information content (AvgIpc) is 2.87. The third kappa shape index (κ3) is 6.28. The van der Waals surface area contributed by atoms with Gasteiger partial charge < -0.3 is 15.7 Å². The van der Waals surface area contributed by atoms with Crippen LogP contribution < -0.4 is 10.6 Å². The molecule has 0 unspecified atom stereocenters. The van der Waals surface area contributed by atoms with Crippen molar-refractivity contribution < 1.29 is 19.5 Å². The van der Waals surface area contributed by atoms with Gasteiger partial charge >= 0.3 is 5.97 Å². The molecule has 7 heteroatoms. The van der Waals surface area contributed by atoms with Crippen LogP contribution in [0.25, 0.3) is 10.8 Å². The summed E-state index contributed by atoms with van der Waals surface area (Å²) >= 11 is 1.50. The van der Waals surface area contributed by atoms with Crippen molar-refractivity contribution in [3.05, 3.63) is 103 Å². The van der Waals surface area contributed by atoms with Gasteiger partial charge in [0.05, 0.1) is 5.69 Å². The van der Waals surface area contributed by atoms with Gasteiger partial charge in [-0.1, -0.05) is 78.5 Å². The normalized spacial score (nSPS) is 11.5. The summed E-state index contributed by atoms with van der Waals surface area (Å²) in [5.74, 6) is -1.94. The Balaban J connectivity index is 1.55. The summed E-state index contributed by atoms with van der Waals surface area (Å²) in [6.07, 6.45) is -0.292. The molecule has 0 bridgehead atoms. The Labute approximate surface area is 207 Å². The Kier molecular flexibility index (Phi) is 7.80. The van der Waals surface area contributed by atoms with Crippen LogP contribution in [0, 0.1) is 0 Å². The number of carboxylic acids is 1. The van der Waals surface area contributed by atoms with Gasteiger partial charge in [0.25, 0.3) is 5.91 Å². The molecule has 4 aromatic carbocycles. The predicted octanol–water partition coefficient (Wildman–Crippen LogP) is 5.59. The van der Waals surface area contributed by atoms with Crippen molar-refractivity contribution in [2.75, 3.05) is 5.32 Å². The number of amides is 2. The fraction of sp³-hybridized carbons (Fsp3) is 0.107. The predicted molar refractivity (Wildman–Crippen MR) is 138 cm³/mol. The molecular weight excluding hydrogens is 460 g/mol. The van der Waals surface area contributed by atoms with Crippen molar-refractivity contribution in [2.24, 2.45) is 0 Å². The SMILES string of the molecule is O=C(O)CC[C@@H](NC(=O)c1cccc2ccccc12)C(=O)Nc1ccccc1Sc1ccccc1. The molecule has 2 amide bonds. The molecule has 3 N–H and O–H groups in total. The number of fused-ring (bicyclic) bond motifs is 1. The summed E-state index contributed by atoms with van der Waals surface area (Å²) in [4.78, 5) is 39.4. The lowest BCUT2D eigenvalue weighted by Gasteiger charge is -2.19. The minimum absolute atomic E-state index is 0.0360. The van der Waals surface area contributed by atoms with Crippen LogP contribution in [0.5, 0.6) is 0 Å². The Bertz CT molecular complexity index is 1350. The van der Waals surface area contributed by atoms with Crippen LogP contribution >= 0.6 is 11.8 Å². The van der Waals surface area contributed by atoms with Gasteiger partial charge in [-0.2, -0.15) is 0 Å². The Hall–Kier alpha value is -4.10. The molecule has 0 aromatic heterocycles. The lowest BCUT2D eigenvalue weighted by Crippen LogP contribution is -2.44. The number of benzene rings is 4. The summed E-state index contributed by atoms with van der Waals surface area (Å²) in [7, 11) is 0. The molecule has 0 aliphatic rings. The molecule has 0 heterocycles. The van der Waals surface area contributed by atoms with Crippen molar-refractivity contribution in [2.45, 2.75) is 28.7 Å². The molecule has 0 saturated carbocycles. The van der Waals surface area contributed by atoms with Crippen molar-refractivity contribution >= 4 is 46.0 Å². The smallest absolute Gasteiger partial charge is 0.303 e. The first-order valence-electron chi connectivity index (χ1n) is 11.1. The Morgan fingerprint density at radius 2 is 1.49 bits per heavy atom. The monoisotopic (exact) mass is 484 g/mol. The van der Waals surface area contributed by atoms with E-state index < -0.39 is 23.8 Å². The summed E-state index contributed by atoms with van der Waals surface area (Å²) in [5.41, 5.74) is 1.02. The van der Waals surface area contributed by atoms with Gasteiger partial charge in [0.2, 0.25) is 5.91 Å². The summed E-state index contributed by atoms with van der Waals surface area (Å²) < 4.78 is 0. The van der Waals surface area contributed by atoms with Gasteiger partial charge in [-0.15, -0.1) is 0 Å². The van der Waals surface area contributed by atoms with Crippen LogP contribution in [0.3, 0.4) is 0 Å². The van der Waals surface area contributed by atoms with Crippen molar-refractivity contribution in [1.29, 1.82) is 0 Å². The first-order valence-corrected chi connectivity index (χ1v) is 12.0. The first kappa shape index (κ1) is 24.0. The van der Waals surface area contributed by atoms with E-state index in [1.54, 1.807) is 18.2 Å². The molecular formula is C28H24N2O4S. The van der Waals surface area contributed by atoms with E-state index in [-0.39, 0.29) is 12.8 Å². The van der Waals surface area contributed by atoms with E-state index in [0.29, 0.717) is 11.3 Å². The molecule has 0 saturated heterocycles. The van der Waals surface area contributed by atoms with Crippen molar-refractivity contribution in [3.8, 4) is 0 Å². The number of anilines is 1. The fourth-order valence-electron chi connectivity index (χ4n) is 3.69. The highest BCUT2D eigenvalue weighted by atomic mass is 32.2. The highest BCUT2D eigenvalue weighted by molar-refractivity contribution is 7.99. The zero-order chi connectivity index (χ0) is 24.6. The largest absolute Gasteiger partial charge is 0.481 e. The first-order chi connectivity index (χ1) is 17.0. The number of para-hydroxylation sites is 1. The molecule has 0 aliphatic carbocycles. The summed E-state index contributed by atoms with van der Waals surface area (Å²) in [5, 5.41) is 16.5. The van der Waals surface area contributed by atoms with Gasteiger partial charge in [0.15, 0.2) is 0 Å². The number of aliphatic carboxylic acids is 1. The summed E-state index contributed by atoms with van der Waals surface area (Å²) in [6, 6.07) is 29.0. The van der Waals surface area contributed by atoms with Gasteiger partial charge in [0.1, 0.15) is 6.04 Å². The second-order valence-corrected chi connectivity index (χ2v) is 9.00. The minimum Gasteiger partial charge on any atom is -0.481 e. The highest BCUT2D eigenvalue weighted by Gasteiger charge is 2.24. The topological polar surface area (TPSA) is 95.5 Å². The number of carboxylic acid groups (broad SMARTS) is 1. The molecule has 1 atom stereocenters. The average molecular weight is 485 g/mol. The second kappa shape index (κ2) is 11.4. The molecule has 0 spiro atoms. The van der Waals surface area contributed by atoms with Crippen molar-refractivity contribution in [3.63, 3.8) is 0 Å². The zero-order valence-corrected chi connectivity index (χ0v) is 19.6. The Morgan fingerprint density at radius 3 is 2.29 bits per heavy atom. The third-order valence-corrected chi connectivity index (χ3v) is 6.50. The maximum Gasteiger partial charge on any atom is 0.303 e. The molecule has 0 radical (unpaired) electrons. The molecule has 0 fully saturated rings. The molecule has 6 nitrogen and oxygen atoms in total. The standard InChI is InChI=1S/C28H24N2O4S/c31-26(32)18-17-24(30-27(33)22-14-8-10-19-9-4-5-13-21(19)22)28(34)29-23-15-6-7-16-25(23)35-20-11-2-1-3-12-20/h1-16,24H,17-18H2,(H,29,34)(H,30,33)(H,31,32)/t24-/m1/s1. The van der Waals surface area contributed by atoms with Crippen LogP contribution in [0.2, 0.25) is 0 Å². The van der Waals surface area contributed by atoms with Crippen LogP contribution in [-0.4, -0.2) is 28.9 Å². The van der Waals surface area contributed by atoms with E-state index in [1.165, 1.54) is 11.8 Å². The quantitative estimate of drug-likeness (QED) is 0.288. The van der Waals surface area contributed by atoms with Crippen molar-refractivity contribution in [1.82, 2.24) is 5.32 Å². The maximum absolute atomic E-state index is 13.2. The van der Waals surface area contributed by atoms with Gasteiger partial charge in [-0.25, -0.2) is 0 Å². The van der Waals surface area contributed by atoms with Gasteiger partial charge in [-0.3, -0.25) is 14.4 Å². The number of carbonyl (C=O) groups is 3. The van der Waals surface area contributed by atoms with Crippen LogP contribution in [0.4, 0.5) is 5.69 Å². The zero-order valence-electron chi connectivity index (χ0n) is 18.8. The molecule has 176 valence electrons. The minimum atomic E-state index is -1.04. The fourth-order valence-corrected chi connectivity index (χ4v) is 4.61. The van der Waals surface area contributed by atoms with E-state index >= 15 is 0 Å². The number of hydrogen-bond donors (Lipinski definition) is 3. The molecule has 0 aliphatic heterocycles. The van der Waals surface area contributed by atoms with E-state index in [0.717, 1.165) is 20.6 Å². The highest BCUT2D eigenvalue weighted by Crippen LogP contribution is 2.33. The number of nitrogens with one attached hydrogen (secondary N) is 2. The lowest BCUT2D eigenvalue weighted by molar-refractivity contribution is -0.137. The van der Waals surface area contributed by atoms with Crippen LogP contribution in [0.15, 0.2) is 107 Å². The number of hydrogen-bond acceptors (Lipinski definition) is 4. The van der Waals surface area contributed by atoms with E-state index in [4.69, 9.17) is 0 Å². The number of carbonyl (C=O) groups excluding carboxylic acids is 2. The molecule has 4 rings (SSSR count). The van der Waals surface area contributed by atoms with Crippen LogP contribution in [0.1, 0.15) is 23.2 Å². The molecule has 35 heavy (non-hydrogen) atoms. The Morgan fingerprint density at radius 1 is 0.800 bits per heavy atom. The second-order valence-electron chi connectivity index (χ2n) is 7.89. The number of rotatable bonds is 9.